The third-order valence-corrected chi connectivity index (χ3v) is 2.87. The highest BCUT2D eigenvalue weighted by Gasteiger charge is 2.13. The minimum atomic E-state index is -0.319. The number of anilines is 1. The summed E-state index contributed by atoms with van der Waals surface area (Å²) >= 11 is 0. The molecule has 0 fully saturated rings. The normalized spacial score (nSPS) is 12.3. The van der Waals surface area contributed by atoms with Crippen LogP contribution in [0, 0.1) is 0 Å². The van der Waals surface area contributed by atoms with Crippen LogP contribution in [-0.2, 0) is 4.79 Å². The van der Waals surface area contributed by atoms with Crippen LogP contribution in [0.15, 0.2) is 42.5 Å². The van der Waals surface area contributed by atoms with E-state index in [0.29, 0.717) is 6.42 Å². The summed E-state index contributed by atoms with van der Waals surface area (Å²) in [5.74, 6) is -0.319. The third-order valence-electron chi connectivity index (χ3n) is 2.87. The Morgan fingerprint density at radius 3 is 2.65 bits per heavy atom. The Kier molecular flexibility index (Phi) is 3.28. The Bertz CT molecular complexity index is 531. The zero-order valence-electron chi connectivity index (χ0n) is 9.81. The molecule has 0 bridgehead atoms. The Morgan fingerprint density at radius 1 is 1.24 bits per heavy atom. The Hall–Kier alpha value is -2.03. The first-order valence-corrected chi connectivity index (χ1v) is 5.76. The molecule has 0 saturated carbocycles. The maximum atomic E-state index is 11.2. The molecule has 1 amide bonds. The van der Waals surface area contributed by atoms with Crippen LogP contribution in [0.25, 0.3) is 10.8 Å². The molecule has 0 spiro atoms. The van der Waals surface area contributed by atoms with Crippen LogP contribution >= 0.6 is 0 Å². The summed E-state index contributed by atoms with van der Waals surface area (Å²) in [6, 6.07) is 13.7. The fourth-order valence-electron chi connectivity index (χ4n) is 1.91. The molecule has 0 heterocycles. The van der Waals surface area contributed by atoms with Gasteiger partial charge in [0.05, 0.1) is 0 Å². The Morgan fingerprint density at radius 2 is 1.94 bits per heavy atom. The van der Waals surface area contributed by atoms with Crippen molar-refractivity contribution in [1.29, 1.82) is 0 Å². The van der Waals surface area contributed by atoms with Gasteiger partial charge in [0.2, 0.25) is 5.91 Å². The third kappa shape index (κ3) is 2.38. The number of carbonyl (C=O) groups is 1. The molecule has 1 unspecified atom stereocenters. The van der Waals surface area contributed by atoms with Gasteiger partial charge in [-0.15, -0.1) is 0 Å². The number of amides is 1. The molecule has 0 aromatic heterocycles. The maximum absolute atomic E-state index is 11.2. The average Bonchev–Trinajstić information content (AvgIpc) is 2.35. The molecule has 88 valence electrons. The van der Waals surface area contributed by atoms with E-state index in [0.717, 1.165) is 16.5 Å². The van der Waals surface area contributed by atoms with Crippen LogP contribution in [-0.4, -0.2) is 11.9 Å². The molecule has 3 nitrogen and oxygen atoms in total. The zero-order valence-corrected chi connectivity index (χ0v) is 9.81. The van der Waals surface area contributed by atoms with Crippen molar-refractivity contribution in [2.45, 2.75) is 19.4 Å². The smallest absolute Gasteiger partial charge is 0.239 e. The van der Waals surface area contributed by atoms with E-state index in [-0.39, 0.29) is 11.9 Å². The summed E-state index contributed by atoms with van der Waals surface area (Å²) in [6.45, 7) is 1.94. The highest BCUT2D eigenvalue weighted by atomic mass is 16.1. The minimum absolute atomic E-state index is 0.319. The van der Waals surface area contributed by atoms with Gasteiger partial charge in [-0.25, -0.2) is 0 Å². The van der Waals surface area contributed by atoms with E-state index in [1.165, 1.54) is 0 Å². The Balaban J connectivity index is 2.38. The van der Waals surface area contributed by atoms with Crippen molar-refractivity contribution < 1.29 is 4.79 Å². The number of benzene rings is 2. The van der Waals surface area contributed by atoms with E-state index in [4.69, 9.17) is 5.73 Å². The second-order valence-corrected chi connectivity index (χ2v) is 4.03. The lowest BCUT2D eigenvalue weighted by atomic mass is 10.1. The van der Waals surface area contributed by atoms with Gasteiger partial charge < -0.3 is 11.1 Å². The van der Waals surface area contributed by atoms with Crippen molar-refractivity contribution in [1.82, 2.24) is 0 Å². The monoisotopic (exact) mass is 228 g/mol. The van der Waals surface area contributed by atoms with Gasteiger partial charge in [0.15, 0.2) is 0 Å². The zero-order chi connectivity index (χ0) is 12.3. The minimum Gasteiger partial charge on any atom is -0.373 e. The van der Waals surface area contributed by atoms with Crippen molar-refractivity contribution in [2.24, 2.45) is 5.73 Å². The fraction of sp³-hybridized carbons (Fsp3) is 0.214. The van der Waals surface area contributed by atoms with E-state index >= 15 is 0 Å². The molecule has 2 aromatic rings. The number of rotatable bonds is 4. The predicted molar refractivity (Wildman–Crippen MR) is 70.8 cm³/mol. The topological polar surface area (TPSA) is 55.1 Å². The fourth-order valence-corrected chi connectivity index (χ4v) is 1.91. The van der Waals surface area contributed by atoms with Crippen LogP contribution in [0.2, 0.25) is 0 Å². The highest BCUT2D eigenvalue weighted by molar-refractivity contribution is 5.95. The molecule has 0 aliphatic rings. The van der Waals surface area contributed by atoms with Crippen molar-refractivity contribution >= 4 is 22.4 Å². The summed E-state index contributed by atoms with van der Waals surface area (Å²) in [7, 11) is 0. The summed E-state index contributed by atoms with van der Waals surface area (Å²) in [4.78, 5) is 11.2. The SMILES string of the molecule is CCC(Nc1cccc2ccccc12)C(N)=O. The van der Waals surface area contributed by atoms with Gasteiger partial charge in [-0.2, -0.15) is 0 Å². The van der Waals surface area contributed by atoms with Crippen molar-refractivity contribution in [3.63, 3.8) is 0 Å². The highest BCUT2D eigenvalue weighted by Crippen LogP contribution is 2.23. The average molecular weight is 228 g/mol. The Labute approximate surface area is 101 Å². The van der Waals surface area contributed by atoms with E-state index in [9.17, 15) is 4.79 Å². The summed E-state index contributed by atoms with van der Waals surface area (Å²) in [5, 5.41) is 5.45. The molecule has 0 radical (unpaired) electrons. The second-order valence-electron chi connectivity index (χ2n) is 4.03. The number of hydrogen-bond donors (Lipinski definition) is 2. The first kappa shape index (κ1) is 11.5. The molecule has 1 atom stereocenters. The number of nitrogens with two attached hydrogens (primary N) is 1. The molecular weight excluding hydrogens is 212 g/mol. The number of primary amides is 1. The molecule has 0 saturated heterocycles. The van der Waals surface area contributed by atoms with Gasteiger partial charge in [-0.3, -0.25) is 4.79 Å². The molecule has 3 N–H and O–H groups in total. The van der Waals surface area contributed by atoms with Crippen LogP contribution in [0.4, 0.5) is 5.69 Å². The molecular formula is C14H16N2O. The van der Waals surface area contributed by atoms with E-state index in [1.54, 1.807) is 0 Å². The van der Waals surface area contributed by atoms with Gasteiger partial charge in [0, 0.05) is 11.1 Å². The van der Waals surface area contributed by atoms with Gasteiger partial charge in [-0.05, 0) is 17.9 Å². The lowest BCUT2D eigenvalue weighted by molar-refractivity contribution is -0.118. The van der Waals surface area contributed by atoms with Gasteiger partial charge in [-0.1, -0.05) is 43.3 Å². The van der Waals surface area contributed by atoms with Gasteiger partial charge >= 0.3 is 0 Å². The number of fused-ring (bicyclic) bond motifs is 1. The molecule has 0 aliphatic carbocycles. The van der Waals surface area contributed by atoms with Crippen molar-refractivity contribution in [3.8, 4) is 0 Å². The lowest BCUT2D eigenvalue weighted by Gasteiger charge is -2.16. The predicted octanol–water partition coefficient (Wildman–Crippen LogP) is 2.52. The van der Waals surface area contributed by atoms with E-state index in [2.05, 4.69) is 5.32 Å². The summed E-state index contributed by atoms with van der Waals surface area (Å²) in [6.07, 6.45) is 0.679. The standard InChI is InChI=1S/C14H16N2O/c1-2-12(14(15)17)16-13-9-5-7-10-6-3-4-8-11(10)13/h3-9,12,16H,2H2,1H3,(H2,15,17). The summed E-state index contributed by atoms with van der Waals surface area (Å²) in [5.41, 5.74) is 6.29. The maximum Gasteiger partial charge on any atom is 0.239 e. The van der Waals surface area contributed by atoms with Crippen molar-refractivity contribution in [3.05, 3.63) is 42.5 Å². The molecule has 17 heavy (non-hydrogen) atoms. The molecule has 2 rings (SSSR count). The van der Waals surface area contributed by atoms with E-state index in [1.807, 2.05) is 49.4 Å². The first-order valence-electron chi connectivity index (χ1n) is 5.76. The van der Waals surface area contributed by atoms with Gasteiger partial charge in [0.1, 0.15) is 6.04 Å². The van der Waals surface area contributed by atoms with Crippen LogP contribution in [0.5, 0.6) is 0 Å². The van der Waals surface area contributed by atoms with Crippen LogP contribution in [0.3, 0.4) is 0 Å². The first-order chi connectivity index (χ1) is 8.22. The van der Waals surface area contributed by atoms with Crippen LogP contribution < -0.4 is 11.1 Å². The number of nitrogens with one attached hydrogen (secondary N) is 1. The molecule has 2 aromatic carbocycles. The second kappa shape index (κ2) is 4.87. The largest absolute Gasteiger partial charge is 0.373 e. The van der Waals surface area contributed by atoms with Crippen molar-refractivity contribution in [2.75, 3.05) is 5.32 Å². The lowest BCUT2D eigenvalue weighted by Crippen LogP contribution is -2.34. The molecule has 0 aliphatic heterocycles. The number of carbonyl (C=O) groups excluding carboxylic acids is 1. The van der Waals surface area contributed by atoms with E-state index < -0.39 is 0 Å². The summed E-state index contributed by atoms with van der Waals surface area (Å²) < 4.78 is 0. The molecule has 3 heteroatoms. The number of hydrogen-bond acceptors (Lipinski definition) is 2. The van der Waals surface area contributed by atoms with Crippen LogP contribution in [0.1, 0.15) is 13.3 Å². The van der Waals surface area contributed by atoms with Gasteiger partial charge in [0.25, 0.3) is 0 Å². The quantitative estimate of drug-likeness (QED) is 0.844.